The highest BCUT2D eigenvalue weighted by molar-refractivity contribution is 7.09. The quantitative estimate of drug-likeness (QED) is 0.495. The summed E-state index contributed by atoms with van der Waals surface area (Å²) in [5.41, 5.74) is 1.03. The Kier molecular flexibility index (Phi) is 7.60. The van der Waals surface area contributed by atoms with Crippen LogP contribution >= 0.6 is 22.9 Å². The lowest BCUT2D eigenvalue weighted by Gasteiger charge is -2.25. The molecule has 1 heterocycles. The van der Waals surface area contributed by atoms with E-state index in [1.165, 1.54) is 18.4 Å². The molecule has 140 valence electrons. The number of hydrogen-bond donors (Lipinski definition) is 0. The van der Waals surface area contributed by atoms with Crippen molar-refractivity contribution in [3.8, 4) is 0 Å². The van der Waals surface area contributed by atoms with Crippen LogP contribution in [0, 0.1) is 5.92 Å². The summed E-state index contributed by atoms with van der Waals surface area (Å²) in [5.74, 6) is -0.182. The molecule has 0 saturated carbocycles. The van der Waals surface area contributed by atoms with Gasteiger partial charge in [-0.05, 0) is 17.9 Å². The Morgan fingerprint density at radius 2 is 1.96 bits per heavy atom. The van der Waals surface area contributed by atoms with Crippen LogP contribution in [-0.4, -0.2) is 35.4 Å². The highest BCUT2D eigenvalue weighted by Crippen LogP contribution is 2.25. The molecule has 7 heteroatoms. The van der Waals surface area contributed by atoms with Crippen molar-refractivity contribution in [3.63, 3.8) is 0 Å². The molecule has 2 aromatic rings. The predicted molar refractivity (Wildman–Crippen MR) is 103 cm³/mol. The van der Waals surface area contributed by atoms with Crippen LogP contribution in [0.1, 0.15) is 46.7 Å². The number of ether oxygens (including phenoxy) is 1. The van der Waals surface area contributed by atoms with Crippen molar-refractivity contribution in [3.05, 3.63) is 52.0 Å². The lowest BCUT2D eigenvalue weighted by atomic mass is 10.1. The topological polar surface area (TPSA) is 59.5 Å². The molecule has 1 aromatic heterocycles. The summed E-state index contributed by atoms with van der Waals surface area (Å²) in [6, 6.07) is 9.29. The van der Waals surface area contributed by atoms with Crippen molar-refractivity contribution in [2.24, 2.45) is 5.92 Å². The second kappa shape index (κ2) is 9.69. The van der Waals surface area contributed by atoms with Crippen LogP contribution in [0.3, 0.4) is 0 Å². The minimum atomic E-state index is -0.747. The lowest BCUT2D eigenvalue weighted by molar-refractivity contribution is -0.131. The monoisotopic (exact) mass is 394 g/mol. The number of carbonyl (C=O) groups excluding carboxylic acids is 2. The van der Waals surface area contributed by atoms with Gasteiger partial charge in [0.25, 0.3) is 0 Å². The lowest BCUT2D eigenvalue weighted by Crippen LogP contribution is -2.34. The first-order valence-electron chi connectivity index (χ1n) is 8.43. The predicted octanol–water partition coefficient (Wildman–Crippen LogP) is 4.28. The van der Waals surface area contributed by atoms with Crippen LogP contribution in [0.25, 0.3) is 0 Å². The number of aromatic nitrogens is 1. The van der Waals surface area contributed by atoms with Gasteiger partial charge in [-0.25, -0.2) is 9.78 Å². The van der Waals surface area contributed by atoms with Crippen molar-refractivity contribution in [2.75, 3.05) is 13.7 Å². The van der Waals surface area contributed by atoms with Gasteiger partial charge in [0.2, 0.25) is 5.91 Å². The second-order valence-electron chi connectivity index (χ2n) is 6.33. The number of methoxy groups -OCH3 is 1. The summed E-state index contributed by atoms with van der Waals surface area (Å²) in [4.78, 5) is 30.5. The van der Waals surface area contributed by atoms with E-state index in [2.05, 4.69) is 23.6 Å². The second-order valence-corrected chi connectivity index (χ2v) is 7.71. The minimum absolute atomic E-state index is 0.159. The SMILES string of the molecule is COC(=O)c1csc(CN(CCC(C)C)C(=O)C(Cl)c2ccccc2)n1. The Morgan fingerprint density at radius 1 is 1.27 bits per heavy atom. The van der Waals surface area contributed by atoms with Gasteiger partial charge in [0.1, 0.15) is 10.4 Å². The number of amides is 1. The number of hydrogen-bond acceptors (Lipinski definition) is 5. The molecule has 0 N–H and O–H groups in total. The first-order valence-corrected chi connectivity index (χ1v) is 9.74. The Labute approximate surface area is 162 Å². The van der Waals surface area contributed by atoms with E-state index < -0.39 is 11.3 Å². The van der Waals surface area contributed by atoms with Crippen molar-refractivity contribution in [2.45, 2.75) is 32.2 Å². The molecule has 5 nitrogen and oxygen atoms in total. The minimum Gasteiger partial charge on any atom is -0.464 e. The number of halogens is 1. The summed E-state index contributed by atoms with van der Waals surface area (Å²) in [6.45, 7) is 5.12. The van der Waals surface area contributed by atoms with E-state index in [0.29, 0.717) is 24.0 Å². The molecule has 0 fully saturated rings. The third-order valence-electron chi connectivity index (χ3n) is 3.87. The molecule has 0 aliphatic heterocycles. The van der Waals surface area contributed by atoms with Gasteiger partial charge in [0.05, 0.1) is 13.7 Å². The summed E-state index contributed by atoms with van der Waals surface area (Å²) in [6.07, 6.45) is 0.860. The van der Waals surface area contributed by atoms with Gasteiger partial charge in [0.15, 0.2) is 5.69 Å². The Morgan fingerprint density at radius 3 is 2.58 bits per heavy atom. The van der Waals surface area contributed by atoms with E-state index in [-0.39, 0.29) is 11.6 Å². The number of thiazole rings is 1. The fourth-order valence-electron chi connectivity index (χ4n) is 2.35. The first-order chi connectivity index (χ1) is 12.4. The van der Waals surface area contributed by atoms with E-state index in [0.717, 1.165) is 12.0 Å². The fourth-order valence-corrected chi connectivity index (χ4v) is 3.41. The molecule has 1 amide bonds. The van der Waals surface area contributed by atoms with Crippen molar-refractivity contribution in [1.29, 1.82) is 0 Å². The van der Waals surface area contributed by atoms with Gasteiger partial charge < -0.3 is 9.64 Å². The van der Waals surface area contributed by atoms with Crippen LogP contribution in [0.2, 0.25) is 0 Å². The van der Waals surface area contributed by atoms with Crippen molar-refractivity contribution >= 4 is 34.8 Å². The molecule has 26 heavy (non-hydrogen) atoms. The fraction of sp³-hybridized carbons (Fsp3) is 0.421. The largest absolute Gasteiger partial charge is 0.464 e. The molecule has 0 aliphatic carbocycles. The van der Waals surface area contributed by atoms with Crippen molar-refractivity contribution in [1.82, 2.24) is 9.88 Å². The molecule has 0 aliphatic rings. The van der Waals surface area contributed by atoms with Gasteiger partial charge in [-0.3, -0.25) is 4.79 Å². The Hall–Kier alpha value is -1.92. The van der Waals surface area contributed by atoms with E-state index in [1.807, 2.05) is 30.3 Å². The first kappa shape index (κ1) is 20.4. The third kappa shape index (κ3) is 5.54. The van der Waals surface area contributed by atoms with Gasteiger partial charge in [-0.15, -0.1) is 22.9 Å². The third-order valence-corrected chi connectivity index (χ3v) is 5.14. The molecular formula is C19H23ClN2O3S. The maximum Gasteiger partial charge on any atom is 0.357 e. The van der Waals surface area contributed by atoms with Crippen LogP contribution in [0.15, 0.2) is 35.7 Å². The molecular weight excluding hydrogens is 372 g/mol. The summed E-state index contributed by atoms with van der Waals surface area (Å²) >= 11 is 7.76. The van der Waals surface area contributed by atoms with E-state index >= 15 is 0 Å². The van der Waals surface area contributed by atoms with E-state index in [4.69, 9.17) is 11.6 Å². The zero-order valence-electron chi connectivity index (χ0n) is 15.1. The van der Waals surface area contributed by atoms with Gasteiger partial charge in [0, 0.05) is 11.9 Å². The zero-order chi connectivity index (χ0) is 19.1. The highest BCUT2D eigenvalue weighted by atomic mass is 35.5. The normalized spacial score (nSPS) is 12.0. The Bertz CT molecular complexity index is 733. The average molecular weight is 395 g/mol. The van der Waals surface area contributed by atoms with E-state index in [9.17, 15) is 9.59 Å². The molecule has 2 rings (SSSR count). The maximum atomic E-state index is 12.9. The summed E-state index contributed by atoms with van der Waals surface area (Å²) in [5, 5.41) is 1.57. The summed E-state index contributed by atoms with van der Waals surface area (Å²) in [7, 11) is 1.32. The van der Waals surface area contributed by atoms with Crippen LogP contribution in [0.4, 0.5) is 0 Å². The molecule has 1 atom stereocenters. The molecule has 0 saturated heterocycles. The summed E-state index contributed by atoms with van der Waals surface area (Å²) < 4.78 is 4.68. The number of nitrogens with zero attached hydrogens (tertiary/aromatic N) is 2. The van der Waals surface area contributed by atoms with Gasteiger partial charge >= 0.3 is 5.97 Å². The number of carbonyl (C=O) groups is 2. The van der Waals surface area contributed by atoms with Gasteiger partial charge in [-0.2, -0.15) is 0 Å². The van der Waals surface area contributed by atoms with Crippen LogP contribution in [0.5, 0.6) is 0 Å². The number of alkyl halides is 1. The van der Waals surface area contributed by atoms with Crippen molar-refractivity contribution < 1.29 is 14.3 Å². The van der Waals surface area contributed by atoms with Gasteiger partial charge in [-0.1, -0.05) is 44.2 Å². The van der Waals surface area contributed by atoms with Crippen LogP contribution in [-0.2, 0) is 16.1 Å². The smallest absolute Gasteiger partial charge is 0.357 e. The number of rotatable bonds is 8. The van der Waals surface area contributed by atoms with E-state index in [1.54, 1.807) is 10.3 Å². The standard InChI is InChI=1S/C19H23ClN2O3S/c1-13(2)9-10-22(11-16-21-15(12-26-16)19(24)25-3)18(23)17(20)14-7-5-4-6-8-14/h4-8,12-13,17H,9-11H2,1-3H3. The number of benzene rings is 1. The average Bonchev–Trinajstić information content (AvgIpc) is 3.12. The highest BCUT2D eigenvalue weighted by Gasteiger charge is 2.25. The number of esters is 1. The molecule has 0 radical (unpaired) electrons. The maximum absolute atomic E-state index is 12.9. The van der Waals surface area contributed by atoms with Crippen LogP contribution < -0.4 is 0 Å². The zero-order valence-corrected chi connectivity index (χ0v) is 16.7. The molecule has 1 unspecified atom stereocenters. The Balaban J connectivity index is 2.15. The molecule has 0 spiro atoms. The molecule has 1 aromatic carbocycles. The molecule has 0 bridgehead atoms.